The molecule has 0 aliphatic carbocycles. The van der Waals surface area contributed by atoms with Gasteiger partial charge in [0.05, 0.1) is 6.21 Å². The van der Waals surface area contributed by atoms with Gasteiger partial charge in [0.2, 0.25) is 0 Å². The molecule has 0 saturated carbocycles. The predicted molar refractivity (Wildman–Crippen MR) is 121 cm³/mol. The average Bonchev–Trinajstić information content (AvgIpc) is 2.82. The molecular formula is C25H24N2O4. The molecule has 0 aliphatic heterocycles. The minimum Gasteiger partial charge on any atom is -0.490 e. The van der Waals surface area contributed by atoms with Gasteiger partial charge in [-0.05, 0) is 59.7 Å². The average molecular weight is 416 g/mol. The van der Waals surface area contributed by atoms with Gasteiger partial charge in [0.15, 0.2) is 6.61 Å². The van der Waals surface area contributed by atoms with Crippen LogP contribution in [0.1, 0.15) is 11.1 Å². The summed E-state index contributed by atoms with van der Waals surface area (Å²) in [6.45, 7) is 4.40. The predicted octanol–water partition coefficient (Wildman–Crippen LogP) is 4.36. The van der Waals surface area contributed by atoms with Crippen LogP contribution < -0.4 is 19.6 Å². The van der Waals surface area contributed by atoms with E-state index in [1.807, 2.05) is 54.6 Å². The Bertz CT molecular complexity index is 984. The van der Waals surface area contributed by atoms with Crippen molar-refractivity contribution in [2.75, 3.05) is 13.2 Å². The number of ether oxygens (including phenoxy) is 3. The van der Waals surface area contributed by atoms with Crippen molar-refractivity contribution in [3.63, 3.8) is 0 Å². The molecular weight excluding hydrogens is 392 g/mol. The first-order valence-electron chi connectivity index (χ1n) is 9.78. The lowest BCUT2D eigenvalue weighted by Crippen LogP contribution is -2.24. The Hall–Kier alpha value is -4.06. The van der Waals surface area contributed by atoms with Gasteiger partial charge in [0.1, 0.15) is 30.5 Å². The Kier molecular flexibility index (Phi) is 8.26. The summed E-state index contributed by atoms with van der Waals surface area (Å²) >= 11 is 0. The van der Waals surface area contributed by atoms with Crippen molar-refractivity contribution >= 4 is 12.1 Å². The molecule has 0 bridgehead atoms. The highest BCUT2D eigenvalue weighted by Gasteiger charge is 2.02. The summed E-state index contributed by atoms with van der Waals surface area (Å²) in [6.07, 6.45) is 3.23. The van der Waals surface area contributed by atoms with Crippen LogP contribution in [-0.2, 0) is 11.4 Å². The fraction of sp³-hybridized carbons (Fsp3) is 0.120. The first-order chi connectivity index (χ1) is 15.2. The number of carbonyl (C=O) groups is 1. The van der Waals surface area contributed by atoms with Crippen LogP contribution in [0.4, 0.5) is 0 Å². The van der Waals surface area contributed by atoms with Gasteiger partial charge in [-0.1, -0.05) is 43.0 Å². The summed E-state index contributed by atoms with van der Waals surface area (Å²) < 4.78 is 16.6. The molecule has 6 heteroatoms. The smallest absolute Gasteiger partial charge is 0.277 e. The number of rotatable bonds is 11. The van der Waals surface area contributed by atoms with E-state index < -0.39 is 0 Å². The molecule has 0 spiro atoms. The molecule has 0 unspecified atom stereocenters. The summed E-state index contributed by atoms with van der Waals surface area (Å²) in [7, 11) is 0. The first kappa shape index (κ1) is 21.6. The molecule has 6 nitrogen and oxygen atoms in total. The second-order valence-corrected chi connectivity index (χ2v) is 6.50. The van der Waals surface area contributed by atoms with E-state index in [1.165, 1.54) is 0 Å². The van der Waals surface area contributed by atoms with E-state index in [0.29, 0.717) is 19.0 Å². The highest BCUT2D eigenvalue weighted by Crippen LogP contribution is 2.18. The third kappa shape index (κ3) is 7.70. The summed E-state index contributed by atoms with van der Waals surface area (Å²) in [5, 5.41) is 3.93. The van der Waals surface area contributed by atoms with Crippen molar-refractivity contribution in [3.8, 4) is 17.2 Å². The van der Waals surface area contributed by atoms with E-state index in [1.54, 1.807) is 36.6 Å². The Morgan fingerprint density at radius 2 is 1.45 bits per heavy atom. The van der Waals surface area contributed by atoms with E-state index in [-0.39, 0.29) is 12.5 Å². The van der Waals surface area contributed by atoms with Crippen molar-refractivity contribution in [3.05, 3.63) is 103 Å². The largest absolute Gasteiger partial charge is 0.490 e. The standard InChI is InChI=1S/C25H24N2O4/c1-2-16-29-22-10-8-20(9-11-22)17-26-27-25(28)19-31-24-14-12-23(13-15-24)30-18-21-6-4-3-5-7-21/h2-15,17H,1,16,18-19H2,(H,27,28)/b26-17-. The van der Waals surface area contributed by atoms with Crippen LogP contribution in [0.3, 0.4) is 0 Å². The zero-order valence-electron chi connectivity index (χ0n) is 17.1. The number of hydrogen-bond donors (Lipinski definition) is 1. The number of benzene rings is 3. The number of hydrogen-bond acceptors (Lipinski definition) is 5. The van der Waals surface area contributed by atoms with Crippen LogP contribution in [0.15, 0.2) is 96.6 Å². The van der Waals surface area contributed by atoms with Gasteiger partial charge < -0.3 is 14.2 Å². The second kappa shape index (κ2) is 11.8. The maximum atomic E-state index is 11.9. The molecule has 158 valence electrons. The van der Waals surface area contributed by atoms with E-state index >= 15 is 0 Å². The minimum atomic E-state index is -0.355. The van der Waals surface area contributed by atoms with Crippen LogP contribution >= 0.6 is 0 Å². The maximum absolute atomic E-state index is 11.9. The van der Waals surface area contributed by atoms with Crippen LogP contribution in [-0.4, -0.2) is 25.3 Å². The Morgan fingerprint density at radius 3 is 2.13 bits per heavy atom. The molecule has 0 fully saturated rings. The number of carbonyl (C=O) groups excluding carboxylic acids is 1. The molecule has 1 amide bonds. The lowest BCUT2D eigenvalue weighted by molar-refractivity contribution is -0.123. The zero-order chi connectivity index (χ0) is 21.7. The molecule has 3 aromatic rings. The maximum Gasteiger partial charge on any atom is 0.277 e. The molecule has 0 aliphatic rings. The molecule has 3 aromatic carbocycles. The molecule has 31 heavy (non-hydrogen) atoms. The van der Waals surface area contributed by atoms with E-state index in [4.69, 9.17) is 14.2 Å². The number of nitrogens with zero attached hydrogens (tertiary/aromatic N) is 1. The van der Waals surface area contributed by atoms with Crippen molar-refractivity contribution in [2.45, 2.75) is 6.61 Å². The zero-order valence-corrected chi connectivity index (χ0v) is 17.1. The van der Waals surface area contributed by atoms with Gasteiger partial charge in [-0.15, -0.1) is 0 Å². The lowest BCUT2D eigenvalue weighted by Gasteiger charge is -2.08. The topological polar surface area (TPSA) is 69.2 Å². The summed E-state index contributed by atoms with van der Waals surface area (Å²) in [5.74, 6) is 1.69. The van der Waals surface area contributed by atoms with Gasteiger partial charge >= 0.3 is 0 Å². The van der Waals surface area contributed by atoms with E-state index in [9.17, 15) is 4.79 Å². The quantitative estimate of drug-likeness (QED) is 0.286. The van der Waals surface area contributed by atoms with Crippen LogP contribution in [0, 0.1) is 0 Å². The Morgan fingerprint density at radius 1 is 0.839 bits per heavy atom. The van der Waals surface area contributed by atoms with Crippen LogP contribution in [0.25, 0.3) is 0 Å². The first-order valence-corrected chi connectivity index (χ1v) is 9.78. The van der Waals surface area contributed by atoms with Gasteiger partial charge in [-0.3, -0.25) is 4.79 Å². The third-order valence-corrected chi connectivity index (χ3v) is 4.09. The van der Waals surface area contributed by atoms with E-state index in [0.717, 1.165) is 22.6 Å². The minimum absolute atomic E-state index is 0.143. The molecule has 0 radical (unpaired) electrons. The Balaban J connectivity index is 1.38. The van der Waals surface area contributed by atoms with Crippen molar-refractivity contribution in [1.82, 2.24) is 5.43 Å². The third-order valence-electron chi connectivity index (χ3n) is 4.09. The Labute approximate surface area is 181 Å². The molecule has 0 aromatic heterocycles. The molecule has 0 atom stereocenters. The van der Waals surface area contributed by atoms with Crippen molar-refractivity contribution in [2.24, 2.45) is 5.10 Å². The van der Waals surface area contributed by atoms with Gasteiger partial charge in [-0.2, -0.15) is 5.10 Å². The van der Waals surface area contributed by atoms with Crippen molar-refractivity contribution < 1.29 is 19.0 Å². The fourth-order valence-corrected chi connectivity index (χ4v) is 2.54. The summed E-state index contributed by atoms with van der Waals surface area (Å²) in [6, 6.07) is 24.4. The molecule has 1 N–H and O–H groups in total. The molecule has 3 rings (SSSR count). The molecule has 0 heterocycles. The summed E-state index contributed by atoms with van der Waals surface area (Å²) in [4.78, 5) is 11.9. The van der Waals surface area contributed by atoms with E-state index in [2.05, 4.69) is 17.1 Å². The van der Waals surface area contributed by atoms with Gasteiger partial charge in [0, 0.05) is 0 Å². The summed E-state index contributed by atoms with van der Waals surface area (Å²) in [5.41, 5.74) is 4.36. The molecule has 0 saturated heterocycles. The second-order valence-electron chi connectivity index (χ2n) is 6.50. The number of nitrogens with one attached hydrogen (secondary N) is 1. The lowest BCUT2D eigenvalue weighted by atomic mass is 10.2. The number of amides is 1. The highest BCUT2D eigenvalue weighted by molar-refractivity contribution is 5.83. The number of hydrazone groups is 1. The SMILES string of the molecule is C=CCOc1ccc(/C=N\NC(=O)COc2ccc(OCc3ccccc3)cc2)cc1. The normalized spacial score (nSPS) is 10.5. The fourth-order valence-electron chi connectivity index (χ4n) is 2.54. The highest BCUT2D eigenvalue weighted by atomic mass is 16.5. The van der Waals surface area contributed by atoms with Crippen LogP contribution in [0.5, 0.6) is 17.2 Å². The van der Waals surface area contributed by atoms with Gasteiger partial charge in [0.25, 0.3) is 5.91 Å². The van der Waals surface area contributed by atoms with Crippen molar-refractivity contribution in [1.29, 1.82) is 0 Å². The monoisotopic (exact) mass is 416 g/mol. The van der Waals surface area contributed by atoms with Gasteiger partial charge in [-0.25, -0.2) is 5.43 Å². The van der Waals surface area contributed by atoms with Crippen LogP contribution in [0.2, 0.25) is 0 Å².